The lowest BCUT2D eigenvalue weighted by Crippen LogP contribution is -2.33. The van der Waals surface area contributed by atoms with Crippen LogP contribution in [0.3, 0.4) is 0 Å². The fourth-order valence-corrected chi connectivity index (χ4v) is 6.86. The number of carbonyl (C=O) groups is 2. The SMILES string of the molecule is [B][C@@H]1O[C@H](COC(=O)OCc2ccccc2)C(OP(O)(=S)OC)[C@@H]1C/C=C/CCCCNC(=O)CCCCCCCCCCCCCCC. The molecule has 1 aliphatic rings. The monoisotopic (exact) mass is 721 g/mol. The summed E-state index contributed by atoms with van der Waals surface area (Å²) in [4.78, 5) is 34.7. The molecule has 49 heavy (non-hydrogen) atoms. The molecular weight excluding hydrogens is 660 g/mol. The van der Waals surface area contributed by atoms with Gasteiger partial charge in [0.1, 0.15) is 33.3 Å². The number of unbranched alkanes of at least 4 members (excludes halogenated alkanes) is 14. The third-order valence-corrected chi connectivity index (χ3v) is 10.5. The van der Waals surface area contributed by atoms with E-state index in [-0.39, 0.29) is 25.0 Å². The Kier molecular flexibility index (Phi) is 23.9. The Hall–Kier alpha value is -1.75. The highest BCUT2D eigenvalue weighted by molar-refractivity contribution is 8.07. The third kappa shape index (κ3) is 20.6. The van der Waals surface area contributed by atoms with Crippen molar-refractivity contribution in [3.8, 4) is 0 Å². The smallest absolute Gasteiger partial charge is 0.431 e. The maximum Gasteiger partial charge on any atom is 0.508 e. The molecule has 1 saturated heterocycles. The molecule has 12 heteroatoms. The quantitative estimate of drug-likeness (QED) is 0.0288. The Bertz CT molecular complexity index is 1100. The number of benzene rings is 1. The summed E-state index contributed by atoms with van der Waals surface area (Å²) in [5.74, 6) is -0.206. The maximum absolute atomic E-state index is 12.2. The fraction of sp³-hybridized carbons (Fsp3) is 0.730. The zero-order chi connectivity index (χ0) is 35.6. The Morgan fingerprint density at radius 2 is 1.55 bits per heavy atom. The van der Waals surface area contributed by atoms with E-state index in [1.165, 1.54) is 77.7 Å². The molecule has 0 saturated carbocycles. The average Bonchev–Trinajstić information content (AvgIpc) is 3.38. The van der Waals surface area contributed by atoms with Crippen molar-refractivity contribution >= 4 is 38.4 Å². The summed E-state index contributed by atoms with van der Waals surface area (Å²) in [6.07, 6.45) is 22.4. The van der Waals surface area contributed by atoms with Gasteiger partial charge < -0.3 is 33.5 Å². The van der Waals surface area contributed by atoms with Gasteiger partial charge >= 0.3 is 12.9 Å². The van der Waals surface area contributed by atoms with Crippen LogP contribution in [0.25, 0.3) is 0 Å². The molecule has 2 N–H and O–H groups in total. The predicted molar refractivity (Wildman–Crippen MR) is 200 cm³/mol. The second kappa shape index (κ2) is 27.0. The molecule has 0 spiro atoms. The predicted octanol–water partition coefficient (Wildman–Crippen LogP) is 8.81. The highest BCUT2D eigenvalue weighted by Crippen LogP contribution is 2.48. The molecule has 1 aromatic rings. The van der Waals surface area contributed by atoms with E-state index < -0.39 is 31.1 Å². The summed E-state index contributed by atoms with van der Waals surface area (Å²) in [7, 11) is 7.55. The van der Waals surface area contributed by atoms with Crippen LogP contribution in [0.5, 0.6) is 0 Å². The summed E-state index contributed by atoms with van der Waals surface area (Å²) in [5, 5.41) is 3.04. The number of nitrogens with one attached hydrogen (secondary N) is 1. The minimum atomic E-state index is -3.54. The molecule has 5 atom stereocenters. The van der Waals surface area contributed by atoms with Crippen molar-refractivity contribution in [3.63, 3.8) is 0 Å². The summed E-state index contributed by atoms with van der Waals surface area (Å²) in [6, 6.07) is 8.54. The van der Waals surface area contributed by atoms with Crippen LogP contribution in [0, 0.1) is 5.92 Å². The Morgan fingerprint density at radius 3 is 2.18 bits per heavy atom. The van der Waals surface area contributed by atoms with Crippen LogP contribution in [0.1, 0.15) is 128 Å². The van der Waals surface area contributed by atoms with E-state index in [0.29, 0.717) is 19.4 Å². The molecule has 2 radical (unpaired) electrons. The van der Waals surface area contributed by atoms with Crippen LogP contribution < -0.4 is 5.32 Å². The summed E-state index contributed by atoms with van der Waals surface area (Å²) >= 11 is 5.08. The molecule has 1 heterocycles. The second-order valence-electron chi connectivity index (χ2n) is 12.9. The lowest BCUT2D eigenvalue weighted by molar-refractivity contribution is -0.121. The van der Waals surface area contributed by atoms with Crippen LogP contribution in [0.4, 0.5) is 4.79 Å². The van der Waals surface area contributed by atoms with Crippen molar-refractivity contribution in [1.29, 1.82) is 0 Å². The molecule has 0 bridgehead atoms. The first-order valence-electron chi connectivity index (χ1n) is 18.5. The van der Waals surface area contributed by atoms with E-state index >= 15 is 0 Å². The van der Waals surface area contributed by atoms with Gasteiger partial charge in [0.05, 0.1) is 0 Å². The van der Waals surface area contributed by atoms with Gasteiger partial charge in [-0.15, -0.1) is 0 Å². The summed E-state index contributed by atoms with van der Waals surface area (Å²) in [5.41, 5.74) is 0.831. The van der Waals surface area contributed by atoms with Crippen molar-refractivity contribution < 1.29 is 37.7 Å². The van der Waals surface area contributed by atoms with Gasteiger partial charge in [-0.3, -0.25) is 4.79 Å². The van der Waals surface area contributed by atoms with Gasteiger partial charge in [0, 0.05) is 32.0 Å². The molecule has 1 aliphatic heterocycles. The number of carbonyl (C=O) groups excluding carboxylic acids is 2. The van der Waals surface area contributed by atoms with Crippen molar-refractivity contribution in [1.82, 2.24) is 5.32 Å². The first kappa shape index (κ1) is 43.4. The number of hydrogen-bond donors (Lipinski definition) is 2. The van der Waals surface area contributed by atoms with E-state index in [0.717, 1.165) is 37.7 Å². The van der Waals surface area contributed by atoms with E-state index in [2.05, 4.69) is 18.3 Å². The van der Waals surface area contributed by atoms with Crippen LogP contribution in [0.2, 0.25) is 0 Å². The number of amides is 1. The highest BCUT2D eigenvalue weighted by atomic mass is 32.5. The molecule has 0 aromatic heterocycles. The van der Waals surface area contributed by atoms with Gasteiger partial charge in [0.25, 0.3) is 0 Å². The molecule has 1 fully saturated rings. The third-order valence-electron chi connectivity index (χ3n) is 8.79. The van der Waals surface area contributed by atoms with Crippen LogP contribution in [-0.4, -0.2) is 63.3 Å². The molecule has 1 amide bonds. The Balaban J connectivity index is 1.57. The molecular formula is C37H61BNO8PS. The lowest BCUT2D eigenvalue weighted by Gasteiger charge is -2.26. The van der Waals surface area contributed by atoms with Gasteiger partial charge in [0.15, 0.2) is 0 Å². The normalized spacial score (nSPS) is 20.3. The zero-order valence-electron chi connectivity index (χ0n) is 29.9. The first-order chi connectivity index (χ1) is 23.8. The van der Waals surface area contributed by atoms with Crippen LogP contribution >= 0.6 is 6.72 Å². The minimum Gasteiger partial charge on any atom is -0.431 e. The van der Waals surface area contributed by atoms with E-state index in [4.69, 9.17) is 42.9 Å². The van der Waals surface area contributed by atoms with Crippen molar-refractivity contribution in [2.24, 2.45) is 5.92 Å². The zero-order valence-corrected chi connectivity index (χ0v) is 31.6. The Labute approximate surface area is 302 Å². The van der Waals surface area contributed by atoms with Crippen LogP contribution in [0.15, 0.2) is 42.5 Å². The fourth-order valence-electron chi connectivity index (χ4n) is 5.87. The van der Waals surface area contributed by atoms with Gasteiger partial charge in [-0.1, -0.05) is 126 Å². The van der Waals surface area contributed by atoms with Gasteiger partial charge in [0.2, 0.25) is 5.91 Å². The first-order valence-corrected chi connectivity index (χ1v) is 21.1. The topological polar surface area (TPSA) is 113 Å². The van der Waals surface area contributed by atoms with Crippen molar-refractivity contribution in [2.45, 2.75) is 147 Å². The van der Waals surface area contributed by atoms with Crippen molar-refractivity contribution in [3.05, 3.63) is 48.0 Å². The minimum absolute atomic E-state index is 0.0745. The molecule has 1 aromatic carbocycles. The molecule has 276 valence electrons. The summed E-state index contributed by atoms with van der Waals surface area (Å²) in [6.45, 7) is -0.715. The van der Waals surface area contributed by atoms with E-state index in [1.807, 2.05) is 36.4 Å². The second-order valence-corrected chi connectivity index (χ2v) is 15.8. The van der Waals surface area contributed by atoms with Crippen LogP contribution in [-0.2, 0) is 46.5 Å². The Morgan fingerprint density at radius 1 is 0.918 bits per heavy atom. The lowest BCUT2D eigenvalue weighted by atomic mass is 9.82. The maximum atomic E-state index is 12.2. The molecule has 2 rings (SSSR count). The number of allylic oxidation sites excluding steroid dienone is 2. The van der Waals surface area contributed by atoms with E-state index in [1.54, 1.807) is 0 Å². The van der Waals surface area contributed by atoms with Gasteiger partial charge in [-0.05, 0) is 49.5 Å². The standard InChI is InChI=1S/C37H61BNO8PS/c1-3-4-5-6-7-8-9-10-11-12-13-16-22-27-34(40)39-28-23-17-14-15-21-26-32-35(47-48(42,49)43-2)33(46-36(32)38)30-45-37(41)44-29-31-24-19-18-20-25-31/h15,18-21,24-25,32-33,35-36H,3-14,16-17,22-23,26-30H2,1-2H3,(H,39,40)(H,42,49)/b21-15+/t32-,33+,35?,36+,48?/m0/s1. The number of hydrogen-bond acceptors (Lipinski definition) is 8. The summed E-state index contributed by atoms with van der Waals surface area (Å²) < 4.78 is 27.0. The average molecular weight is 722 g/mol. The van der Waals surface area contributed by atoms with Gasteiger partial charge in [-0.25, -0.2) is 4.79 Å². The van der Waals surface area contributed by atoms with Crippen molar-refractivity contribution in [2.75, 3.05) is 20.3 Å². The highest BCUT2D eigenvalue weighted by Gasteiger charge is 2.45. The van der Waals surface area contributed by atoms with E-state index in [9.17, 15) is 14.5 Å². The molecule has 2 unspecified atom stereocenters. The molecule has 0 aliphatic carbocycles. The molecule has 9 nitrogen and oxygen atoms in total. The largest absolute Gasteiger partial charge is 0.508 e. The number of ether oxygens (including phenoxy) is 3. The van der Waals surface area contributed by atoms with Gasteiger partial charge in [-0.2, -0.15) is 0 Å². The number of rotatable bonds is 28.